The highest BCUT2D eigenvalue weighted by Crippen LogP contribution is 2.39. The van der Waals surface area contributed by atoms with Crippen LogP contribution in [0, 0.1) is 0 Å². The predicted octanol–water partition coefficient (Wildman–Crippen LogP) is 10.3. The van der Waals surface area contributed by atoms with E-state index in [0.29, 0.717) is 15.7 Å². The van der Waals surface area contributed by atoms with E-state index in [4.69, 9.17) is 4.11 Å². The Labute approximate surface area is 224 Å². The van der Waals surface area contributed by atoms with E-state index in [1.54, 1.807) is 0 Å². The predicted molar refractivity (Wildman–Crippen MR) is 158 cm³/mol. The molecule has 6 aromatic carbocycles. The fraction of sp³-hybridized carbons (Fsp3) is 0. The summed E-state index contributed by atoms with van der Waals surface area (Å²) in [6, 6.07) is 40.6. The number of anilines is 2. The normalized spacial score (nSPS) is 12.1. The molecule has 0 amide bonds. The molecule has 0 fully saturated rings. The lowest BCUT2D eigenvalue weighted by Crippen LogP contribution is -1.93. The van der Waals surface area contributed by atoms with E-state index in [0.717, 1.165) is 44.3 Å². The second-order valence-electron chi connectivity index (χ2n) is 8.58. The van der Waals surface area contributed by atoms with Crippen molar-refractivity contribution in [2.45, 2.75) is 0 Å². The highest BCUT2D eigenvalue weighted by atomic mass is 79.9. The van der Waals surface area contributed by atoms with Crippen molar-refractivity contribution in [1.29, 1.82) is 0 Å². The minimum Gasteiger partial charge on any atom is -0.355 e. The molecule has 0 radical (unpaired) electrons. The topological polar surface area (TPSA) is 12.0 Å². The molecule has 6 aromatic rings. The molecule has 1 nitrogen and oxygen atoms in total. The van der Waals surface area contributed by atoms with Crippen LogP contribution in [0.1, 0.15) is 4.11 Å². The third-order valence-corrected chi connectivity index (χ3v) is 6.89. The van der Waals surface area contributed by atoms with E-state index >= 15 is 0 Å². The van der Waals surface area contributed by atoms with Crippen LogP contribution in [0.15, 0.2) is 144 Å². The Morgan fingerprint density at radius 1 is 0.556 bits per heavy atom. The first kappa shape index (κ1) is 19.1. The Morgan fingerprint density at radius 3 is 2.00 bits per heavy atom. The van der Waals surface area contributed by atoms with Crippen molar-refractivity contribution in [2.75, 3.05) is 5.32 Å². The van der Waals surface area contributed by atoms with Crippen LogP contribution in [0.2, 0.25) is 0 Å². The Morgan fingerprint density at radius 2 is 1.22 bits per heavy atom. The first-order chi connectivity index (χ1) is 19.0. The number of halogens is 1. The standard InChI is InChI=1S/C34H24BrN/c35-33-23-28(36-34-17-9-15-25-14-7-8-16-31(25)34)19-21-30(33)27-18-20-29(24-10-3-1-4-11-24)32(22-27)26-12-5-2-6-13-26/h1-23,36H/i19D,21D,23D. The Kier molecular flexibility index (Phi) is 5.22. The van der Waals surface area contributed by atoms with Gasteiger partial charge in [0.05, 0.1) is 4.11 Å². The molecule has 0 bridgehead atoms. The second kappa shape index (κ2) is 9.85. The van der Waals surface area contributed by atoms with Crippen molar-refractivity contribution in [3.05, 3.63) is 144 Å². The van der Waals surface area contributed by atoms with Crippen LogP contribution in [0.5, 0.6) is 0 Å². The quantitative estimate of drug-likeness (QED) is 0.234. The van der Waals surface area contributed by atoms with E-state index in [2.05, 4.69) is 57.6 Å². The van der Waals surface area contributed by atoms with Gasteiger partial charge in [-0.2, -0.15) is 0 Å². The van der Waals surface area contributed by atoms with Gasteiger partial charge in [-0.15, -0.1) is 0 Å². The smallest absolute Gasteiger partial charge is 0.0657 e. The third-order valence-electron chi connectivity index (χ3n) is 6.29. The largest absolute Gasteiger partial charge is 0.355 e. The number of rotatable bonds is 5. The molecule has 0 aromatic heterocycles. The fourth-order valence-electron chi connectivity index (χ4n) is 4.54. The van der Waals surface area contributed by atoms with Gasteiger partial charge in [-0.25, -0.2) is 0 Å². The zero-order valence-corrected chi connectivity index (χ0v) is 21.0. The number of benzene rings is 6. The van der Waals surface area contributed by atoms with Crippen molar-refractivity contribution < 1.29 is 4.11 Å². The lowest BCUT2D eigenvalue weighted by atomic mass is 9.91. The van der Waals surface area contributed by atoms with Crippen molar-refractivity contribution in [3.63, 3.8) is 0 Å². The van der Waals surface area contributed by atoms with Gasteiger partial charge in [0.1, 0.15) is 0 Å². The number of hydrogen-bond acceptors (Lipinski definition) is 1. The maximum absolute atomic E-state index is 8.99. The minimum absolute atomic E-state index is 0.0143. The van der Waals surface area contributed by atoms with Crippen molar-refractivity contribution in [3.8, 4) is 33.4 Å². The first-order valence-electron chi connectivity index (χ1n) is 13.3. The average Bonchev–Trinajstić information content (AvgIpc) is 2.99. The molecule has 0 spiro atoms. The SMILES string of the molecule is [2H]c1c([2H])c(-c2ccc(-c3ccccc3)c(-c3ccccc3)c2)c(Br)c([2H])c1Nc1cccc2ccccc12. The van der Waals surface area contributed by atoms with Crippen LogP contribution in [-0.2, 0) is 0 Å². The van der Waals surface area contributed by atoms with Gasteiger partial charge in [-0.3, -0.25) is 0 Å². The summed E-state index contributed by atoms with van der Waals surface area (Å²) in [5.41, 5.74) is 6.69. The summed E-state index contributed by atoms with van der Waals surface area (Å²) in [6.45, 7) is 0. The number of nitrogens with one attached hydrogen (secondary N) is 1. The van der Waals surface area contributed by atoms with E-state index < -0.39 is 0 Å². The van der Waals surface area contributed by atoms with Crippen LogP contribution in [-0.4, -0.2) is 0 Å². The lowest BCUT2D eigenvalue weighted by molar-refractivity contribution is 1.52. The maximum Gasteiger partial charge on any atom is 0.0657 e. The van der Waals surface area contributed by atoms with Crippen molar-refractivity contribution >= 4 is 38.1 Å². The fourth-order valence-corrected chi connectivity index (χ4v) is 5.07. The van der Waals surface area contributed by atoms with Gasteiger partial charge in [0, 0.05) is 21.2 Å². The summed E-state index contributed by atoms with van der Waals surface area (Å²) >= 11 is 3.63. The Balaban J connectivity index is 1.50. The molecule has 0 aliphatic heterocycles. The number of fused-ring (bicyclic) bond motifs is 1. The molecule has 0 saturated carbocycles. The first-order valence-corrected chi connectivity index (χ1v) is 12.6. The molecule has 0 aliphatic carbocycles. The molecular formula is C34H24BrN. The molecule has 0 unspecified atom stereocenters. The van der Waals surface area contributed by atoms with E-state index in [9.17, 15) is 0 Å². The summed E-state index contributed by atoms with van der Waals surface area (Å²) < 4.78 is 27.3. The summed E-state index contributed by atoms with van der Waals surface area (Å²) in [5.74, 6) is 0. The highest BCUT2D eigenvalue weighted by molar-refractivity contribution is 9.10. The lowest BCUT2D eigenvalue weighted by Gasteiger charge is -2.15. The van der Waals surface area contributed by atoms with Crippen molar-refractivity contribution in [2.24, 2.45) is 0 Å². The van der Waals surface area contributed by atoms with Gasteiger partial charge in [0.25, 0.3) is 0 Å². The van der Waals surface area contributed by atoms with Gasteiger partial charge in [-0.1, -0.05) is 131 Å². The monoisotopic (exact) mass is 528 g/mol. The average molecular weight is 529 g/mol. The van der Waals surface area contributed by atoms with E-state index in [1.807, 2.05) is 84.9 Å². The zero-order valence-electron chi connectivity index (χ0n) is 22.4. The van der Waals surface area contributed by atoms with Gasteiger partial charge >= 0.3 is 0 Å². The summed E-state index contributed by atoms with van der Waals surface area (Å²) in [6.07, 6.45) is 0. The van der Waals surface area contributed by atoms with Crippen LogP contribution in [0.4, 0.5) is 11.4 Å². The molecule has 6 rings (SSSR count). The van der Waals surface area contributed by atoms with Gasteiger partial charge in [-0.05, 0) is 63.0 Å². The van der Waals surface area contributed by atoms with Crippen LogP contribution >= 0.6 is 15.9 Å². The highest BCUT2D eigenvalue weighted by Gasteiger charge is 2.12. The maximum atomic E-state index is 8.99. The summed E-state index contributed by atoms with van der Waals surface area (Å²) in [5, 5.41) is 5.35. The molecule has 172 valence electrons. The van der Waals surface area contributed by atoms with Crippen LogP contribution in [0.3, 0.4) is 0 Å². The summed E-state index contributed by atoms with van der Waals surface area (Å²) in [4.78, 5) is 0. The Hall–Kier alpha value is -4.14. The molecule has 0 heterocycles. The molecule has 1 N–H and O–H groups in total. The van der Waals surface area contributed by atoms with E-state index in [1.165, 1.54) is 0 Å². The van der Waals surface area contributed by atoms with Gasteiger partial charge in [0.2, 0.25) is 0 Å². The molecule has 2 heteroatoms. The van der Waals surface area contributed by atoms with Crippen molar-refractivity contribution in [1.82, 2.24) is 0 Å². The minimum atomic E-state index is -0.0143. The molecule has 0 saturated heterocycles. The summed E-state index contributed by atoms with van der Waals surface area (Å²) in [7, 11) is 0. The van der Waals surface area contributed by atoms with Gasteiger partial charge < -0.3 is 5.32 Å². The van der Waals surface area contributed by atoms with E-state index in [-0.39, 0.29) is 18.1 Å². The zero-order chi connectivity index (χ0) is 26.9. The van der Waals surface area contributed by atoms with Crippen LogP contribution < -0.4 is 5.32 Å². The third kappa shape index (κ3) is 4.44. The Bertz CT molecular complexity index is 1780. The number of hydrogen-bond donors (Lipinski definition) is 1. The van der Waals surface area contributed by atoms with Gasteiger partial charge in [0.15, 0.2) is 0 Å². The van der Waals surface area contributed by atoms with Crippen LogP contribution in [0.25, 0.3) is 44.2 Å². The molecule has 0 atom stereocenters. The molecular weight excluding hydrogens is 502 g/mol. The molecule has 36 heavy (non-hydrogen) atoms. The second-order valence-corrected chi connectivity index (χ2v) is 9.38. The molecule has 0 aliphatic rings.